The van der Waals surface area contributed by atoms with E-state index in [2.05, 4.69) is 5.32 Å². The second-order valence-corrected chi connectivity index (χ2v) is 3.80. The fourth-order valence-electron chi connectivity index (χ4n) is 2.51. The normalized spacial score (nSPS) is 34.5. The molecule has 2 rings (SSSR count). The van der Waals surface area contributed by atoms with E-state index < -0.39 is 0 Å². The summed E-state index contributed by atoms with van der Waals surface area (Å²) < 4.78 is 0. The molecule has 0 amide bonds. The zero-order valence-electron chi connectivity index (χ0n) is 8.60. The second-order valence-electron chi connectivity index (χ2n) is 3.80. The first-order valence-electron chi connectivity index (χ1n) is 5.67. The van der Waals surface area contributed by atoms with E-state index in [1.165, 1.54) is 45.2 Å². The Hall–Kier alpha value is -0.0400. The van der Waals surface area contributed by atoms with Gasteiger partial charge in [0, 0.05) is 0 Å². The molecule has 1 heterocycles. The van der Waals surface area contributed by atoms with Crippen molar-refractivity contribution in [3.8, 4) is 0 Å². The molecule has 0 aromatic rings. The van der Waals surface area contributed by atoms with Gasteiger partial charge in [-0.1, -0.05) is 33.1 Å². The van der Waals surface area contributed by atoms with Crippen LogP contribution >= 0.6 is 0 Å². The number of fused-ring (bicyclic) bond motifs is 1. The molecule has 0 bridgehead atoms. The molecule has 1 saturated carbocycles. The van der Waals surface area contributed by atoms with E-state index in [-0.39, 0.29) is 0 Å². The highest BCUT2D eigenvalue weighted by molar-refractivity contribution is 4.81. The minimum Gasteiger partial charge on any atom is -0.316 e. The summed E-state index contributed by atoms with van der Waals surface area (Å²) in [7, 11) is 0. The van der Waals surface area contributed by atoms with Crippen LogP contribution in [0.4, 0.5) is 0 Å². The van der Waals surface area contributed by atoms with E-state index in [0.29, 0.717) is 0 Å². The molecule has 2 aliphatic rings. The highest BCUT2D eigenvalue weighted by Gasteiger charge is 2.26. The van der Waals surface area contributed by atoms with E-state index in [4.69, 9.17) is 0 Å². The molecule has 1 aliphatic heterocycles. The minimum atomic E-state index is 1.04. The van der Waals surface area contributed by atoms with Gasteiger partial charge < -0.3 is 5.32 Å². The van der Waals surface area contributed by atoms with Gasteiger partial charge in [-0.15, -0.1) is 0 Å². The molecule has 2 unspecified atom stereocenters. The number of hydrogen-bond donors (Lipinski definition) is 1. The van der Waals surface area contributed by atoms with Crippen molar-refractivity contribution < 1.29 is 0 Å². The Kier molecular flexibility index (Phi) is 4.67. The van der Waals surface area contributed by atoms with Crippen LogP contribution < -0.4 is 5.32 Å². The maximum absolute atomic E-state index is 3.48. The highest BCUT2D eigenvalue weighted by Crippen LogP contribution is 2.33. The Morgan fingerprint density at radius 3 is 2.25 bits per heavy atom. The van der Waals surface area contributed by atoms with Gasteiger partial charge in [0.25, 0.3) is 0 Å². The van der Waals surface area contributed by atoms with Crippen molar-refractivity contribution in [3.63, 3.8) is 0 Å². The number of piperidine rings is 1. The number of hydrogen-bond acceptors (Lipinski definition) is 1. The Morgan fingerprint density at radius 2 is 1.58 bits per heavy atom. The Morgan fingerprint density at radius 1 is 0.917 bits per heavy atom. The fourth-order valence-corrected chi connectivity index (χ4v) is 2.51. The van der Waals surface area contributed by atoms with Gasteiger partial charge in [-0.2, -0.15) is 0 Å². The van der Waals surface area contributed by atoms with Gasteiger partial charge in [0.2, 0.25) is 0 Å². The lowest BCUT2D eigenvalue weighted by Gasteiger charge is -2.35. The summed E-state index contributed by atoms with van der Waals surface area (Å²) in [4.78, 5) is 0. The number of nitrogens with one attached hydrogen (secondary N) is 1. The molecule has 0 aromatic carbocycles. The van der Waals surface area contributed by atoms with Crippen LogP contribution in [0.15, 0.2) is 0 Å². The molecule has 1 saturated heterocycles. The molecule has 1 heteroatoms. The summed E-state index contributed by atoms with van der Waals surface area (Å²) in [5, 5.41) is 3.48. The molecule has 2 fully saturated rings. The zero-order valence-corrected chi connectivity index (χ0v) is 8.60. The molecule has 0 aromatic heterocycles. The first-order chi connectivity index (χ1) is 5.97. The molecular formula is C11H23N. The topological polar surface area (TPSA) is 12.0 Å². The largest absolute Gasteiger partial charge is 0.316 e. The Bertz CT molecular complexity index is 85.6. The van der Waals surface area contributed by atoms with E-state index in [1.54, 1.807) is 0 Å². The van der Waals surface area contributed by atoms with Crippen molar-refractivity contribution in [1.29, 1.82) is 0 Å². The third-order valence-electron chi connectivity index (χ3n) is 3.16. The van der Waals surface area contributed by atoms with Gasteiger partial charge in [0.15, 0.2) is 0 Å². The van der Waals surface area contributed by atoms with Crippen molar-refractivity contribution in [2.24, 2.45) is 11.8 Å². The average molecular weight is 169 g/mol. The predicted octanol–water partition coefficient (Wildman–Crippen LogP) is 2.81. The van der Waals surface area contributed by atoms with Crippen molar-refractivity contribution in [2.75, 3.05) is 13.1 Å². The third kappa shape index (κ3) is 2.48. The minimum absolute atomic E-state index is 1.04. The molecule has 72 valence electrons. The average Bonchev–Trinajstić information content (AvgIpc) is 2.21. The van der Waals surface area contributed by atoms with Crippen LogP contribution in [0, 0.1) is 11.8 Å². The van der Waals surface area contributed by atoms with E-state index in [0.717, 1.165) is 11.8 Å². The monoisotopic (exact) mass is 169 g/mol. The molecule has 0 radical (unpaired) electrons. The zero-order chi connectivity index (χ0) is 8.81. The van der Waals surface area contributed by atoms with Gasteiger partial charge in [-0.05, 0) is 37.8 Å². The van der Waals surface area contributed by atoms with Crippen LogP contribution in [-0.4, -0.2) is 13.1 Å². The molecular weight excluding hydrogens is 146 g/mol. The summed E-state index contributed by atoms with van der Waals surface area (Å²) in [6, 6.07) is 0. The lowest BCUT2D eigenvalue weighted by atomic mass is 9.76. The third-order valence-corrected chi connectivity index (χ3v) is 3.16. The highest BCUT2D eigenvalue weighted by atomic mass is 14.9. The lowest BCUT2D eigenvalue weighted by molar-refractivity contribution is 0.185. The summed E-state index contributed by atoms with van der Waals surface area (Å²) in [5.74, 6) is 2.14. The van der Waals surface area contributed by atoms with Crippen LogP contribution in [-0.2, 0) is 0 Å². The van der Waals surface area contributed by atoms with Gasteiger partial charge in [0.1, 0.15) is 0 Å². The van der Waals surface area contributed by atoms with Crippen molar-refractivity contribution in [2.45, 2.75) is 46.0 Å². The fraction of sp³-hybridized carbons (Fsp3) is 1.00. The SMILES string of the molecule is C1CCC2CNCCC2C1.CC. The van der Waals surface area contributed by atoms with E-state index in [9.17, 15) is 0 Å². The molecule has 1 N–H and O–H groups in total. The first-order valence-corrected chi connectivity index (χ1v) is 5.67. The van der Waals surface area contributed by atoms with Gasteiger partial charge in [0.05, 0.1) is 0 Å². The predicted molar refractivity (Wildman–Crippen MR) is 54.3 cm³/mol. The standard InChI is InChI=1S/C9H17N.C2H6/c1-2-4-9-7-10-6-5-8(9)3-1;1-2/h8-10H,1-7H2;1-2H3. The maximum atomic E-state index is 3.48. The maximum Gasteiger partial charge on any atom is -0.00179 e. The summed E-state index contributed by atoms with van der Waals surface area (Å²) in [5.41, 5.74) is 0. The summed E-state index contributed by atoms with van der Waals surface area (Å²) >= 11 is 0. The lowest BCUT2D eigenvalue weighted by Crippen LogP contribution is -2.38. The molecule has 12 heavy (non-hydrogen) atoms. The van der Waals surface area contributed by atoms with Crippen LogP contribution in [0.2, 0.25) is 0 Å². The van der Waals surface area contributed by atoms with Crippen LogP contribution in [0.3, 0.4) is 0 Å². The molecule has 1 nitrogen and oxygen atoms in total. The molecule has 0 spiro atoms. The quantitative estimate of drug-likeness (QED) is 0.588. The molecule has 1 aliphatic carbocycles. The molecule has 2 atom stereocenters. The van der Waals surface area contributed by atoms with Crippen LogP contribution in [0.25, 0.3) is 0 Å². The van der Waals surface area contributed by atoms with Crippen molar-refractivity contribution >= 4 is 0 Å². The van der Waals surface area contributed by atoms with Crippen LogP contribution in [0.5, 0.6) is 0 Å². The smallest absolute Gasteiger partial charge is 0.00179 e. The van der Waals surface area contributed by atoms with Crippen LogP contribution in [0.1, 0.15) is 46.0 Å². The summed E-state index contributed by atoms with van der Waals surface area (Å²) in [6.45, 7) is 6.59. The first kappa shape index (κ1) is 10.0. The Balaban J connectivity index is 0.000000336. The van der Waals surface area contributed by atoms with Gasteiger partial charge in [-0.3, -0.25) is 0 Å². The second kappa shape index (κ2) is 5.58. The van der Waals surface area contributed by atoms with Crippen molar-refractivity contribution in [1.82, 2.24) is 5.32 Å². The van der Waals surface area contributed by atoms with Gasteiger partial charge >= 0.3 is 0 Å². The van der Waals surface area contributed by atoms with Gasteiger partial charge in [-0.25, -0.2) is 0 Å². The summed E-state index contributed by atoms with van der Waals surface area (Å²) in [6.07, 6.45) is 7.46. The number of rotatable bonds is 0. The van der Waals surface area contributed by atoms with E-state index in [1.807, 2.05) is 13.8 Å². The van der Waals surface area contributed by atoms with Crippen molar-refractivity contribution in [3.05, 3.63) is 0 Å². The Labute approximate surface area is 76.9 Å². The van der Waals surface area contributed by atoms with E-state index >= 15 is 0 Å².